The van der Waals surface area contributed by atoms with Gasteiger partial charge in [-0.1, -0.05) is 0 Å². The topological polar surface area (TPSA) is 74.9 Å². The Labute approximate surface area is 100 Å². The van der Waals surface area contributed by atoms with E-state index in [0.717, 1.165) is 0 Å². The van der Waals surface area contributed by atoms with Crippen LogP contribution >= 0.6 is 0 Å². The molecule has 6 heteroatoms. The molecule has 96 valence electrons. The van der Waals surface area contributed by atoms with E-state index >= 15 is 0 Å². The molecule has 1 heterocycles. The highest BCUT2D eigenvalue weighted by molar-refractivity contribution is 5.74. The van der Waals surface area contributed by atoms with E-state index < -0.39 is 0 Å². The average Bonchev–Trinajstić information content (AvgIpc) is 2.82. The number of amides is 2. The van der Waals surface area contributed by atoms with Crippen LogP contribution in [0.2, 0.25) is 0 Å². The quantitative estimate of drug-likeness (QED) is 0.766. The van der Waals surface area contributed by atoms with Crippen molar-refractivity contribution in [1.29, 1.82) is 0 Å². The first-order valence-corrected chi connectivity index (χ1v) is 5.34. The van der Waals surface area contributed by atoms with Crippen molar-refractivity contribution >= 4 is 6.03 Å². The fourth-order valence-corrected chi connectivity index (χ4v) is 1.36. The van der Waals surface area contributed by atoms with Gasteiger partial charge in [0.25, 0.3) is 0 Å². The largest absolute Gasteiger partial charge is 0.467 e. The Morgan fingerprint density at radius 1 is 1.71 bits per heavy atom. The van der Waals surface area contributed by atoms with Crippen molar-refractivity contribution in [2.75, 3.05) is 33.9 Å². The minimum absolute atomic E-state index is 0.0698. The summed E-state index contributed by atoms with van der Waals surface area (Å²) in [6.45, 7) is 0.537. The number of ether oxygens (including phenoxy) is 1. The standard InChI is InChI=1S/C11H18N2O4/c1-13(5-6-14)11(15)12-9(8-16-2)10-4-3-7-17-10/h3-4,7,9,14H,5-6,8H2,1-2H3,(H,12,15). The van der Waals surface area contributed by atoms with Crippen molar-refractivity contribution in [1.82, 2.24) is 10.2 Å². The lowest BCUT2D eigenvalue weighted by Gasteiger charge is -2.21. The van der Waals surface area contributed by atoms with Gasteiger partial charge in [-0.3, -0.25) is 0 Å². The van der Waals surface area contributed by atoms with Gasteiger partial charge in [0, 0.05) is 20.7 Å². The summed E-state index contributed by atoms with van der Waals surface area (Å²) in [6.07, 6.45) is 1.54. The first-order chi connectivity index (χ1) is 8.19. The third-order valence-corrected chi connectivity index (χ3v) is 2.30. The average molecular weight is 242 g/mol. The minimum atomic E-state index is -0.330. The Morgan fingerprint density at radius 2 is 2.47 bits per heavy atom. The predicted molar refractivity (Wildman–Crippen MR) is 61.6 cm³/mol. The van der Waals surface area contributed by atoms with E-state index in [2.05, 4.69) is 5.32 Å². The van der Waals surface area contributed by atoms with Crippen molar-refractivity contribution in [3.05, 3.63) is 24.2 Å². The molecule has 2 amide bonds. The molecule has 17 heavy (non-hydrogen) atoms. The molecule has 0 fully saturated rings. The lowest BCUT2D eigenvalue weighted by atomic mass is 10.2. The molecule has 0 bridgehead atoms. The van der Waals surface area contributed by atoms with E-state index in [1.165, 1.54) is 4.90 Å². The van der Waals surface area contributed by atoms with E-state index in [1.807, 2.05) is 0 Å². The number of nitrogens with one attached hydrogen (secondary N) is 1. The molecule has 1 aromatic rings. The third-order valence-electron chi connectivity index (χ3n) is 2.30. The number of aliphatic hydroxyl groups excluding tert-OH is 1. The molecule has 6 nitrogen and oxygen atoms in total. The summed E-state index contributed by atoms with van der Waals surface area (Å²) in [7, 11) is 3.16. The third kappa shape index (κ3) is 4.08. The number of furan rings is 1. The van der Waals surface area contributed by atoms with Crippen molar-refractivity contribution in [2.45, 2.75) is 6.04 Å². The minimum Gasteiger partial charge on any atom is -0.467 e. The van der Waals surface area contributed by atoms with Crippen LogP contribution in [0, 0.1) is 0 Å². The van der Waals surface area contributed by atoms with Gasteiger partial charge in [-0.15, -0.1) is 0 Å². The second-order valence-electron chi connectivity index (χ2n) is 3.62. The van der Waals surface area contributed by atoms with Crippen LogP contribution in [-0.2, 0) is 4.74 Å². The number of urea groups is 1. The van der Waals surface area contributed by atoms with Crippen LogP contribution in [0.15, 0.2) is 22.8 Å². The van der Waals surface area contributed by atoms with Gasteiger partial charge in [0.2, 0.25) is 0 Å². The maximum absolute atomic E-state index is 11.7. The summed E-state index contributed by atoms with van der Waals surface area (Å²) in [6, 6.07) is 2.92. The molecule has 0 spiro atoms. The highest BCUT2D eigenvalue weighted by Gasteiger charge is 2.18. The van der Waals surface area contributed by atoms with E-state index in [1.54, 1.807) is 32.6 Å². The molecule has 1 atom stereocenters. The molecular weight excluding hydrogens is 224 g/mol. The first-order valence-electron chi connectivity index (χ1n) is 5.34. The first kappa shape index (κ1) is 13.5. The van der Waals surface area contributed by atoms with E-state index in [-0.39, 0.29) is 25.2 Å². The Hall–Kier alpha value is -1.53. The summed E-state index contributed by atoms with van der Waals surface area (Å²) in [4.78, 5) is 13.1. The fraction of sp³-hybridized carbons (Fsp3) is 0.545. The lowest BCUT2D eigenvalue weighted by molar-refractivity contribution is 0.146. The summed E-state index contributed by atoms with van der Waals surface area (Å²) in [5, 5.41) is 11.5. The van der Waals surface area contributed by atoms with Crippen molar-refractivity contribution in [3.63, 3.8) is 0 Å². The van der Waals surface area contributed by atoms with Gasteiger partial charge in [0.15, 0.2) is 0 Å². The van der Waals surface area contributed by atoms with Gasteiger partial charge in [-0.05, 0) is 12.1 Å². The maximum Gasteiger partial charge on any atom is 0.317 e. The second kappa shape index (κ2) is 6.93. The molecule has 1 rings (SSSR count). The van der Waals surface area contributed by atoms with Gasteiger partial charge >= 0.3 is 6.03 Å². The normalized spacial score (nSPS) is 12.2. The molecule has 1 unspecified atom stereocenters. The van der Waals surface area contributed by atoms with Crippen LogP contribution in [0.3, 0.4) is 0 Å². The number of carbonyl (C=O) groups excluding carboxylic acids is 1. The smallest absolute Gasteiger partial charge is 0.317 e. The summed E-state index contributed by atoms with van der Waals surface area (Å²) in [5.74, 6) is 0.637. The number of nitrogens with zero attached hydrogens (tertiary/aromatic N) is 1. The second-order valence-corrected chi connectivity index (χ2v) is 3.62. The molecule has 0 aliphatic carbocycles. The zero-order chi connectivity index (χ0) is 12.7. The number of methoxy groups -OCH3 is 1. The zero-order valence-electron chi connectivity index (χ0n) is 10.0. The number of likely N-dealkylation sites (N-methyl/N-ethyl adjacent to an activating group) is 1. The van der Waals surface area contributed by atoms with Crippen LogP contribution in [0.5, 0.6) is 0 Å². The number of aliphatic hydroxyl groups is 1. The fourth-order valence-electron chi connectivity index (χ4n) is 1.36. The summed E-state index contributed by atoms with van der Waals surface area (Å²) < 4.78 is 10.3. The highest BCUT2D eigenvalue weighted by atomic mass is 16.5. The highest BCUT2D eigenvalue weighted by Crippen LogP contribution is 2.13. The molecule has 0 saturated carbocycles. The molecule has 0 aromatic carbocycles. The molecule has 0 aliphatic heterocycles. The van der Waals surface area contributed by atoms with E-state index in [4.69, 9.17) is 14.3 Å². The van der Waals surface area contributed by atoms with Crippen LogP contribution in [0.25, 0.3) is 0 Å². The number of rotatable bonds is 6. The number of carbonyl (C=O) groups is 1. The van der Waals surface area contributed by atoms with Crippen molar-refractivity contribution < 1.29 is 19.1 Å². The van der Waals surface area contributed by atoms with Gasteiger partial charge in [0.05, 0.1) is 19.5 Å². The van der Waals surface area contributed by atoms with Gasteiger partial charge in [0.1, 0.15) is 11.8 Å². The van der Waals surface area contributed by atoms with Crippen LogP contribution in [-0.4, -0.2) is 50.0 Å². The maximum atomic E-state index is 11.7. The van der Waals surface area contributed by atoms with Crippen LogP contribution in [0.4, 0.5) is 4.79 Å². The summed E-state index contributed by atoms with van der Waals surface area (Å²) >= 11 is 0. The SMILES string of the molecule is COCC(NC(=O)N(C)CCO)c1ccco1. The molecule has 1 aromatic heterocycles. The monoisotopic (exact) mass is 242 g/mol. The molecule has 0 radical (unpaired) electrons. The Morgan fingerprint density at radius 3 is 3.00 bits per heavy atom. The predicted octanol–water partition coefficient (Wildman–Crippen LogP) is 0.601. The van der Waals surface area contributed by atoms with Gasteiger partial charge < -0.3 is 24.5 Å². The molecular formula is C11H18N2O4. The van der Waals surface area contributed by atoms with Crippen molar-refractivity contribution in [3.8, 4) is 0 Å². The van der Waals surface area contributed by atoms with Crippen LogP contribution in [0.1, 0.15) is 11.8 Å². The number of hydrogen-bond donors (Lipinski definition) is 2. The summed E-state index contributed by atoms with van der Waals surface area (Å²) in [5.41, 5.74) is 0. The Balaban J connectivity index is 2.58. The Kier molecular flexibility index (Phi) is 5.51. The molecule has 0 aliphatic rings. The van der Waals surface area contributed by atoms with Gasteiger partial charge in [-0.2, -0.15) is 0 Å². The Bertz CT molecular complexity index is 326. The molecule has 2 N–H and O–H groups in total. The number of hydrogen-bond acceptors (Lipinski definition) is 4. The van der Waals surface area contributed by atoms with E-state index in [9.17, 15) is 4.79 Å². The lowest BCUT2D eigenvalue weighted by Crippen LogP contribution is -2.41. The molecule has 0 saturated heterocycles. The van der Waals surface area contributed by atoms with Gasteiger partial charge in [-0.25, -0.2) is 4.79 Å². The zero-order valence-corrected chi connectivity index (χ0v) is 10.0. The van der Waals surface area contributed by atoms with Crippen LogP contribution < -0.4 is 5.32 Å². The van der Waals surface area contributed by atoms with Crippen molar-refractivity contribution in [2.24, 2.45) is 0 Å². The van der Waals surface area contributed by atoms with E-state index in [0.29, 0.717) is 12.4 Å².